The highest BCUT2D eigenvalue weighted by Gasteiger charge is 1.97. The summed E-state index contributed by atoms with van der Waals surface area (Å²) in [5.41, 5.74) is 8.77. The third kappa shape index (κ3) is 2.71. The topological polar surface area (TPSA) is 70.6 Å². The van der Waals surface area contributed by atoms with E-state index in [0.717, 1.165) is 10.0 Å². The molecule has 0 radical (unpaired) electrons. The maximum absolute atomic E-state index is 8.44. The van der Waals surface area contributed by atoms with Gasteiger partial charge in [0, 0.05) is 4.47 Å². The monoisotopic (exact) mass is 243 g/mol. The molecule has 0 unspecified atom stereocenters. The van der Waals surface area contributed by atoms with E-state index in [1.165, 1.54) is 0 Å². The van der Waals surface area contributed by atoms with Crippen LogP contribution in [0.3, 0.4) is 0 Å². The van der Waals surface area contributed by atoms with E-state index in [9.17, 15) is 0 Å². The Hall–Kier alpha value is -1.07. The lowest BCUT2D eigenvalue weighted by Gasteiger charge is -2.02. The number of aryl methyl sites for hydroxylation is 1. The molecule has 0 aromatic heterocycles. The Morgan fingerprint density at radius 2 is 2.31 bits per heavy atom. The Labute approximate surface area is 84.6 Å². The summed E-state index contributed by atoms with van der Waals surface area (Å²) >= 11 is 3.32. The SMILES string of the molecule is Cc1ccc(Br)cc1N=C(N)NO. The zero-order valence-corrected chi connectivity index (χ0v) is 8.67. The molecule has 0 heterocycles. The second kappa shape index (κ2) is 4.25. The summed E-state index contributed by atoms with van der Waals surface area (Å²) < 4.78 is 0.919. The molecule has 70 valence electrons. The lowest BCUT2D eigenvalue weighted by atomic mass is 10.2. The van der Waals surface area contributed by atoms with Gasteiger partial charge in [0.2, 0.25) is 5.96 Å². The molecule has 0 atom stereocenters. The molecule has 0 amide bonds. The van der Waals surface area contributed by atoms with Gasteiger partial charge in [-0.3, -0.25) is 5.21 Å². The number of hydroxylamine groups is 1. The summed E-state index contributed by atoms with van der Waals surface area (Å²) in [4.78, 5) is 3.94. The van der Waals surface area contributed by atoms with E-state index >= 15 is 0 Å². The number of nitrogens with two attached hydrogens (primary N) is 1. The molecule has 0 spiro atoms. The van der Waals surface area contributed by atoms with E-state index in [1.807, 2.05) is 25.1 Å². The van der Waals surface area contributed by atoms with Crippen molar-refractivity contribution in [1.29, 1.82) is 0 Å². The standard InChI is InChI=1S/C8H10BrN3O/c1-5-2-3-6(9)4-7(5)11-8(10)12-13/h2-4,13H,1H3,(H3,10,11,12). The number of guanidine groups is 1. The Morgan fingerprint density at radius 1 is 1.62 bits per heavy atom. The molecule has 4 nitrogen and oxygen atoms in total. The largest absolute Gasteiger partial charge is 0.368 e. The smallest absolute Gasteiger partial charge is 0.218 e. The van der Waals surface area contributed by atoms with Crippen LogP contribution >= 0.6 is 15.9 Å². The Morgan fingerprint density at radius 3 is 2.92 bits per heavy atom. The molecule has 13 heavy (non-hydrogen) atoms. The summed E-state index contributed by atoms with van der Waals surface area (Å²) in [6.45, 7) is 1.91. The molecule has 0 fully saturated rings. The van der Waals surface area contributed by atoms with Gasteiger partial charge >= 0.3 is 0 Å². The maximum atomic E-state index is 8.44. The normalized spacial score (nSPS) is 11.5. The van der Waals surface area contributed by atoms with Crippen molar-refractivity contribution < 1.29 is 5.21 Å². The number of hydrogen-bond donors (Lipinski definition) is 3. The van der Waals surface area contributed by atoms with Gasteiger partial charge in [0.25, 0.3) is 0 Å². The first kappa shape index (κ1) is 10.0. The van der Waals surface area contributed by atoms with Gasteiger partial charge in [-0.1, -0.05) is 22.0 Å². The Kier molecular flexibility index (Phi) is 3.27. The highest BCUT2D eigenvalue weighted by molar-refractivity contribution is 9.10. The van der Waals surface area contributed by atoms with Crippen molar-refractivity contribution in [3.8, 4) is 0 Å². The molecule has 0 saturated heterocycles. The first-order valence-electron chi connectivity index (χ1n) is 3.64. The number of benzene rings is 1. The van der Waals surface area contributed by atoms with Crippen LogP contribution in [0.25, 0.3) is 0 Å². The predicted octanol–water partition coefficient (Wildman–Crippen LogP) is 1.68. The van der Waals surface area contributed by atoms with Crippen LogP contribution in [0, 0.1) is 6.92 Å². The average molecular weight is 244 g/mol. The van der Waals surface area contributed by atoms with Crippen LogP contribution in [-0.2, 0) is 0 Å². The third-order valence-corrected chi connectivity index (χ3v) is 2.02. The lowest BCUT2D eigenvalue weighted by Crippen LogP contribution is -2.27. The molecule has 0 saturated carbocycles. The fourth-order valence-corrected chi connectivity index (χ4v) is 1.21. The van der Waals surface area contributed by atoms with Gasteiger partial charge in [-0.15, -0.1) is 0 Å². The fraction of sp³-hybridized carbons (Fsp3) is 0.125. The molecule has 0 aliphatic heterocycles. The van der Waals surface area contributed by atoms with Crippen molar-refractivity contribution >= 4 is 27.6 Å². The average Bonchev–Trinajstić information content (AvgIpc) is 2.11. The molecule has 0 aliphatic carbocycles. The number of hydrogen-bond acceptors (Lipinski definition) is 2. The third-order valence-electron chi connectivity index (χ3n) is 1.53. The number of nitrogens with zero attached hydrogens (tertiary/aromatic N) is 1. The van der Waals surface area contributed by atoms with Crippen molar-refractivity contribution in [3.05, 3.63) is 28.2 Å². The Balaban J connectivity index is 3.07. The highest BCUT2D eigenvalue weighted by atomic mass is 79.9. The second-order valence-corrected chi connectivity index (χ2v) is 3.46. The molecular formula is C8H10BrN3O. The van der Waals surface area contributed by atoms with Gasteiger partial charge in [-0.05, 0) is 24.6 Å². The highest BCUT2D eigenvalue weighted by Crippen LogP contribution is 2.22. The van der Waals surface area contributed by atoms with Crippen molar-refractivity contribution in [3.63, 3.8) is 0 Å². The van der Waals surface area contributed by atoms with Gasteiger partial charge in [0.05, 0.1) is 5.69 Å². The molecule has 1 rings (SSSR count). The van der Waals surface area contributed by atoms with Gasteiger partial charge in [0.1, 0.15) is 0 Å². The zero-order valence-electron chi connectivity index (χ0n) is 7.08. The molecule has 0 aliphatic rings. The van der Waals surface area contributed by atoms with E-state index in [-0.39, 0.29) is 5.96 Å². The molecule has 4 N–H and O–H groups in total. The number of rotatable bonds is 1. The summed E-state index contributed by atoms with van der Waals surface area (Å²) in [5.74, 6) is -0.0267. The lowest BCUT2D eigenvalue weighted by molar-refractivity contribution is 0.233. The van der Waals surface area contributed by atoms with Crippen molar-refractivity contribution in [2.45, 2.75) is 6.92 Å². The van der Waals surface area contributed by atoms with Crippen LogP contribution in [0.15, 0.2) is 27.7 Å². The van der Waals surface area contributed by atoms with Crippen LogP contribution in [0.2, 0.25) is 0 Å². The Bertz CT molecular complexity index is 338. The van der Waals surface area contributed by atoms with Gasteiger partial charge in [0.15, 0.2) is 0 Å². The van der Waals surface area contributed by atoms with E-state index in [2.05, 4.69) is 20.9 Å². The molecular weight excluding hydrogens is 234 g/mol. The molecule has 1 aromatic rings. The van der Waals surface area contributed by atoms with Crippen molar-refractivity contribution in [1.82, 2.24) is 5.48 Å². The maximum Gasteiger partial charge on any atom is 0.218 e. The first-order valence-corrected chi connectivity index (χ1v) is 4.43. The summed E-state index contributed by atoms with van der Waals surface area (Å²) in [6, 6.07) is 5.64. The number of halogens is 1. The predicted molar refractivity (Wildman–Crippen MR) is 55.1 cm³/mol. The van der Waals surface area contributed by atoms with Gasteiger partial charge < -0.3 is 5.73 Å². The minimum Gasteiger partial charge on any atom is -0.368 e. The summed E-state index contributed by atoms with van der Waals surface area (Å²) in [5, 5.41) is 8.44. The van der Waals surface area contributed by atoms with E-state index in [4.69, 9.17) is 10.9 Å². The number of nitrogens with one attached hydrogen (secondary N) is 1. The fourth-order valence-electron chi connectivity index (χ4n) is 0.858. The molecule has 5 heteroatoms. The molecule has 1 aromatic carbocycles. The van der Waals surface area contributed by atoms with Crippen molar-refractivity contribution in [2.24, 2.45) is 10.7 Å². The van der Waals surface area contributed by atoms with E-state index in [1.54, 1.807) is 5.48 Å². The van der Waals surface area contributed by atoms with Gasteiger partial charge in [-0.2, -0.15) is 0 Å². The minimum absolute atomic E-state index is 0.0267. The second-order valence-electron chi connectivity index (χ2n) is 2.54. The van der Waals surface area contributed by atoms with Crippen LogP contribution in [-0.4, -0.2) is 11.2 Å². The van der Waals surface area contributed by atoms with Crippen molar-refractivity contribution in [2.75, 3.05) is 0 Å². The summed E-state index contributed by atoms with van der Waals surface area (Å²) in [6.07, 6.45) is 0. The first-order chi connectivity index (χ1) is 6.13. The quantitative estimate of drug-likeness (QED) is 0.400. The van der Waals surface area contributed by atoms with E-state index < -0.39 is 0 Å². The minimum atomic E-state index is -0.0267. The van der Waals surface area contributed by atoms with E-state index in [0.29, 0.717) is 5.69 Å². The molecule has 0 bridgehead atoms. The van der Waals surface area contributed by atoms with Crippen LogP contribution < -0.4 is 11.2 Å². The summed E-state index contributed by atoms with van der Waals surface area (Å²) in [7, 11) is 0. The van der Waals surface area contributed by atoms with Crippen LogP contribution in [0.1, 0.15) is 5.56 Å². The van der Waals surface area contributed by atoms with Gasteiger partial charge in [-0.25, -0.2) is 10.5 Å². The number of aliphatic imine (C=N–C) groups is 1. The zero-order chi connectivity index (χ0) is 9.84. The van der Waals surface area contributed by atoms with Crippen LogP contribution in [0.4, 0.5) is 5.69 Å². The van der Waals surface area contributed by atoms with Crippen LogP contribution in [0.5, 0.6) is 0 Å².